The largest absolute Gasteiger partial charge is 0.326 e. The summed E-state index contributed by atoms with van der Waals surface area (Å²) < 4.78 is 41.6. The predicted molar refractivity (Wildman–Crippen MR) is 112 cm³/mol. The normalized spacial score (nSPS) is 11.1. The molecule has 3 aromatic carbocycles. The Bertz CT molecular complexity index is 1170. The van der Waals surface area contributed by atoms with Crippen LogP contribution >= 0.6 is 11.6 Å². The molecule has 0 saturated carbocycles. The summed E-state index contributed by atoms with van der Waals surface area (Å²) in [6.07, 6.45) is -0.163. The molecule has 0 radical (unpaired) electrons. The van der Waals surface area contributed by atoms with Gasteiger partial charge in [0.2, 0.25) is 5.91 Å². The molecule has 0 bridgehead atoms. The Labute approximate surface area is 173 Å². The molecule has 0 fully saturated rings. The number of hydrogen-bond donors (Lipinski definition) is 2. The van der Waals surface area contributed by atoms with Gasteiger partial charge < -0.3 is 5.32 Å². The zero-order chi connectivity index (χ0) is 21.0. The molecule has 0 spiro atoms. The number of aryl methyl sites for hydroxylation is 1. The minimum absolute atomic E-state index is 0.0238. The summed E-state index contributed by atoms with van der Waals surface area (Å²) in [6.45, 7) is 1.74. The maximum atomic E-state index is 13.7. The van der Waals surface area contributed by atoms with E-state index in [9.17, 15) is 17.6 Å². The van der Waals surface area contributed by atoms with E-state index in [1.807, 2.05) is 0 Å². The number of rotatable bonds is 6. The van der Waals surface area contributed by atoms with Crippen LogP contribution in [0.2, 0.25) is 5.02 Å². The third-order valence-electron chi connectivity index (χ3n) is 4.18. The number of hydrogen-bond acceptors (Lipinski definition) is 3. The summed E-state index contributed by atoms with van der Waals surface area (Å²) in [7, 11) is -3.89. The van der Waals surface area contributed by atoms with E-state index in [0.717, 1.165) is 0 Å². The van der Waals surface area contributed by atoms with Gasteiger partial charge in [-0.05, 0) is 54.4 Å². The molecule has 29 heavy (non-hydrogen) atoms. The molecule has 0 aromatic heterocycles. The van der Waals surface area contributed by atoms with Gasteiger partial charge in [0, 0.05) is 10.7 Å². The molecular formula is C21H18ClFN2O3S. The fourth-order valence-corrected chi connectivity index (χ4v) is 3.94. The van der Waals surface area contributed by atoms with Crippen LogP contribution in [-0.2, 0) is 21.2 Å². The first kappa shape index (κ1) is 20.8. The summed E-state index contributed by atoms with van der Waals surface area (Å²) >= 11 is 5.89. The third-order valence-corrected chi connectivity index (χ3v) is 5.79. The van der Waals surface area contributed by atoms with Crippen molar-refractivity contribution in [3.05, 3.63) is 88.7 Å². The van der Waals surface area contributed by atoms with Gasteiger partial charge in [0.05, 0.1) is 17.0 Å². The second kappa shape index (κ2) is 8.63. The van der Waals surface area contributed by atoms with Gasteiger partial charge >= 0.3 is 0 Å². The summed E-state index contributed by atoms with van der Waals surface area (Å²) in [5.41, 5.74) is 1.59. The fourth-order valence-electron chi connectivity index (χ4n) is 2.68. The van der Waals surface area contributed by atoms with E-state index in [-0.39, 0.29) is 16.9 Å². The van der Waals surface area contributed by atoms with Crippen molar-refractivity contribution >= 4 is 38.9 Å². The Morgan fingerprint density at radius 2 is 1.79 bits per heavy atom. The van der Waals surface area contributed by atoms with Gasteiger partial charge in [-0.2, -0.15) is 0 Å². The number of anilines is 2. The van der Waals surface area contributed by atoms with Gasteiger partial charge in [-0.15, -0.1) is 0 Å². The number of benzene rings is 3. The Morgan fingerprint density at radius 3 is 2.52 bits per heavy atom. The summed E-state index contributed by atoms with van der Waals surface area (Å²) in [4.78, 5) is 12.3. The number of sulfonamides is 1. The molecule has 0 saturated heterocycles. The third kappa shape index (κ3) is 5.34. The molecule has 3 aromatic rings. The summed E-state index contributed by atoms with van der Waals surface area (Å²) in [6, 6.07) is 16.7. The minimum Gasteiger partial charge on any atom is -0.326 e. The molecule has 0 heterocycles. The maximum Gasteiger partial charge on any atom is 0.261 e. The smallest absolute Gasteiger partial charge is 0.261 e. The Kier molecular flexibility index (Phi) is 6.20. The van der Waals surface area contributed by atoms with Crippen molar-refractivity contribution in [2.45, 2.75) is 18.2 Å². The summed E-state index contributed by atoms with van der Waals surface area (Å²) in [5.74, 6) is -0.919. The molecule has 2 N–H and O–H groups in total. The van der Waals surface area contributed by atoms with Crippen molar-refractivity contribution in [1.82, 2.24) is 0 Å². The highest BCUT2D eigenvalue weighted by Crippen LogP contribution is 2.24. The zero-order valence-corrected chi connectivity index (χ0v) is 17.0. The lowest BCUT2D eigenvalue weighted by atomic mass is 10.1. The SMILES string of the molecule is Cc1ccc(S(=O)(=O)Nc2cccc(Cl)c2)cc1NC(=O)Cc1ccccc1F. The van der Waals surface area contributed by atoms with Gasteiger partial charge in [0.1, 0.15) is 5.82 Å². The van der Waals surface area contributed by atoms with Gasteiger partial charge in [0.15, 0.2) is 0 Å². The fraction of sp³-hybridized carbons (Fsp3) is 0.0952. The van der Waals surface area contributed by atoms with Crippen LogP contribution in [0.5, 0.6) is 0 Å². The van der Waals surface area contributed by atoms with E-state index in [2.05, 4.69) is 10.0 Å². The van der Waals surface area contributed by atoms with Crippen LogP contribution in [0.25, 0.3) is 0 Å². The van der Waals surface area contributed by atoms with Crippen LogP contribution in [0.4, 0.5) is 15.8 Å². The molecule has 1 amide bonds. The average Bonchev–Trinajstić information content (AvgIpc) is 2.65. The lowest BCUT2D eigenvalue weighted by molar-refractivity contribution is -0.115. The minimum atomic E-state index is -3.89. The van der Waals surface area contributed by atoms with Crippen molar-refractivity contribution in [3.8, 4) is 0 Å². The Hall–Kier alpha value is -2.90. The maximum absolute atomic E-state index is 13.7. The molecule has 3 rings (SSSR count). The standard InChI is InChI=1S/C21H18ClFN2O3S/c1-14-9-10-18(29(27,28)25-17-7-4-6-16(22)12-17)13-20(14)24-21(26)11-15-5-2-3-8-19(15)23/h2-10,12-13,25H,11H2,1H3,(H,24,26). The van der Waals surface area contributed by atoms with E-state index in [1.54, 1.807) is 43.3 Å². The van der Waals surface area contributed by atoms with Crippen molar-refractivity contribution in [1.29, 1.82) is 0 Å². The van der Waals surface area contributed by atoms with Gasteiger partial charge in [0.25, 0.3) is 10.0 Å². The topological polar surface area (TPSA) is 75.3 Å². The summed E-state index contributed by atoms with van der Waals surface area (Å²) in [5, 5.41) is 3.05. The van der Waals surface area contributed by atoms with E-state index in [0.29, 0.717) is 22.0 Å². The van der Waals surface area contributed by atoms with Crippen LogP contribution in [0.3, 0.4) is 0 Å². The molecular weight excluding hydrogens is 415 g/mol. The van der Waals surface area contributed by atoms with Crippen LogP contribution in [0, 0.1) is 12.7 Å². The number of carbonyl (C=O) groups excluding carboxylic acids is 1. The predicted octanol–water partition coefficient (Wildman–Crippen LogP) is 4.77. The molecule has 0 atom stereocenters. The van der Waals surface area contributed by atoms with Gasteiger partial charge in [-0.3, -0.25) is 9.52 Å². The first-order chi connectivity index (χ1) is 13.7. The molecule has 0 aliphatic rings. The van der Waals surface area contributed by atoms with Crippen LogP contribution in [-0.4, -0.2) is 14.3 Å². The lowest BCUT2D eigenvalue weighted by Crippen LogP contribution is -2.17. The molecule has 0 aliphatic carbocycles. The van der Waals surface area contributed by atoms with Gasteiger partial charge in [-0.25, -0.2) is 12.8 Å². The molecule has 0 unspecified atom stereocenters. The molecule has 5 nitrogen and oxygen atoms in total. The van der Waals surface area contributed by atoms with Crippen LogP contribution < -0.4 is 10.0 Å². The second-order valence-electron chi connectivity index (χ2n) is 6.41. The monoisotopic (exact) mass is 432 g/mol. The van der Waals surface area contributed by atoms with Crippen molar-refractivity contribution < 1.29 is 17.6 Å². The number of amides is 1. The highest BCUT2D eigenvalue weighted by molar-refractivity contribution is 7.92. The quantitative estimate of drug-likeness (QED) is 0.589. The van der Waals surface area contributed by atoms with Gasteiger partial charge in [-0.1, -0.05) is 41.9 Å². The van der Waals surface area contributed by atoms with E-state index < -0.39 is 21.7 Å². The van der Waals surface area contributed by atoms with Crippen molar-refractivity contribution in [2.24, 2.45) is 0 Å². The van der Waals surface area contributed by atoms with Crippen LogP contribution in [0.1, 0.15) is 11.1 Å². The van der Waals surface area contributed by atoms with Crippen LogP contribution in [0.15, 0.2) is 71.6 Å². The molecule has 0 aliphatic heterocycles. The number of nitrogens with one attached hydrogen (secondary N) is 2. The Balaban J connectivity index is 1.80. The van der Waals surface area contributed by atoms with E-state index in [4.69, 9.17) is 11.6 Å². The van der Waals surface area contributed by atoms with E-state index >= 15 is 0 Å². The molecule has 8 heteroatoms. The van der Waals surface area contributed by atoms with Crippen molar-refractivity contribution in [2.75, 3.05) is 10.0 Å². The number of carbonyl (C=O) groups is 1. The highest BCUT2D eigenvalue weighted by atomic mass is 35.5. The van der Waals surface area contributed by atoms with Crippen molar-refractivity contribution in [3.63, 3.8) is 0 Å². The average molecular weight is 433 g/mol. The zero-order valence-electron chi connectivity index (χ0n) is 15.4. The first-order valence-corrected chi connectivity index (χ1v) is 10.5. The van der Waals surface area contributed by atoms with E-state index in [1.165, 1.54) is 30.3 Å². The first-order valence-electron chi connectivity index (χ1n) is 8.67. The lowest BCUT2D eigenvalue weighted by Gasteiger charge is -2.13. The Morgan fingerprint density at radius 1 is 1.03 bits per heavy atom. The molecule has 150 valence electrons. The number of halogens is 2. The highest BCUT2D eigenvalue weighted by Gasteiger charge is 2.17. The second-order valence-corrected chi connectivity index (χ2v) is 8.53.